The molecule has 1 aliphatic heterocycles. The standard InChI is InChI=1S/C19H14N2O5S/c1-11(21-17(22)13-5-2-3-6-14(13)18(21)23)19(24)26-9-12-10-27-16(20-12)15-7-4-8-25-15/h2-8,10-11H,9H2,1H3/t11-/m1/s1. The van der Waals surface area contributed by atoms with Crippen LogP contribution in [0.5, 0.6) is 0 Å². The SMILES string of the molecule is C[C@H](C(=O)OCc1csc(-c2ccco2)n1)N1C(=O)c2ccccc2C1=O. The molecular formula is C19H14N2O5S. The summed E-state index contributed by atoms with van der Waals surface area (Å²) < 4.78 is 10.5. The first-order chi connectivity index (χ1) is 13.1. The van der Waals surface area contributed by atoms with E-state index in [1.165, 1.54) is 18.3 Å². The highest BCUT2D eigenvalue weighted by atomic mass is 32.1. The minimum atomic E-state index is -1.03. The van der Waals surface area contributed by atoms with Crippen molar-refractivity contribution in [3.8, 4) is 10.8 Å². The number of nitrogens with zero attached hydrogens (tertiary/aromatic N) is 2. The van der Waals surface area contributed by atoms with Gasteiger partial charge >= 0.3 is 5.97 Å². The number of rotatable bonds is 5. The maximum absolute atomic E-state index is 12.4. The van der Waals surface area contributed by atoms with Crippen molar-refractivity contribution in [1.29, 1.82) is 0 Å². The Bertz CT molecular complexity index is 989. The van der Waals surface area contributed by atoms with Crippen LogP contribution in [0.25, 0.3) is 10.8 Å². The quantitative estimate of drug-likeness (QED) is 0.497. The number of thiazole rings is 1. The number of carbonyl (C=O) groups excluding carboxylic acids is 3. The summed E-state index contributed by atoms with van der Waals surface area (Å²) in [6.45, 7) is 1.42. The maximum atomic E-state index is 12.4. The monoisotopic (exact) mass is 382 g/mol. The first-order valence-electron chi connectivity index (χ1n) is 8.18. The van der Waals surface area contributed by atoms with E-state index >= 15 is 0 Å². The number of hydrogen-bond acceptors (Lipinski definition) is 7. The number of imide groups is 1. The fraction of sp³-hybridized carbons (Fsp3) is 0.158. The van der Waals surface area contributed by atoms with Crippen LogP contribution in [-0.2, 0) is 16.1 Å². The first kappa shape index (κ1) is 17.2. The van der Waals surface area contributed by atoms with E-state index in [0.717, 1.165) is 4.90 Å². The smallest absolute Gasteiger partial charge is 0.329 e. The van der Waals surface area contributed by atoms with Gasteiger partial charge in [-0.1, -0.05) is 12.1 Å². The molecule has 2 amide bonds. The molecule has 136 valence electrons. The van der Waals surface area contributed by atoms with Crippen molar-refractivity contribution < 1.29 is 23.5 Å². The van der Waals surface area contributed by atoms with E-state index in [0.29, 0.717) is 27.6 Å². The average Bonchev–Trinajstić information content (AvgIpc) is 3.41. The van der Waals surface area contributed by atoms with Crippen molar-refractivity contribution in [1.82, 2.24) is 9.88 Å². The van der Waals surface area contributed by atoms with E-state index < -0.39 is 23.8 Å². The molecule has 1 atom stereocenters. The molecule has 7 nitrogen and oxygen atoms in total. The van der Waals surface area contributed by atoms with Gasteiger partial charge in [0.2, 0.25) is 0 Å². The summed E-state index contributed by atoms with van der Waals surface area (Å²) in [6, 6.07) is 9.02. The third-order valence-electron chi connectivity index (χ3n) is 4.20. The molecule has 2 aromatic heterocycles. The predicted molar refractivity (Wildman–Crippen MR) is 96.0 cm³/mol. The van der Waals surface area contributed by atoms with Crippen LogP contribution in [-0.4, -0.2) is 33.7 Å². The highest BCUT2D eigenvalue weighted by molar-refractivity contribution is 7.13. The molecule has 0 spiro atoms. The van der Waals surface area contributed by atoms with Gasteiger partial charge in [-0.25, -0.2) is 9.78 Å². The zero-order valence-electron chi connectivity index (χ0n) is 14.2. The number of fused-ring (bicyclic) bond motifs is 1. The number of esters is 1. The van der Waals surface area contributed by atoms with Crippen LogP contribution in [0, 0.1) is 0 Å². The fourth-order valence-corrected chi connectivity index (χ4v) is 3.59. The molecule has 4 rings (SSSR count). The van der Waals surface area contributed by atoms with Gasteiger partial charge in [0, 0.05) is 5.38 Å². The number of benzene rings is 1. The Morgan fingerprint density at radius 2 is 1.89 bits per heavy atom. The van der Waals surface area contributed by atoms with Gasteiger partial charge in [-0.05, 0) is 31.2 Å². The van der Waals surface area contributed by atoms with Crippen molar-refractivity contribution in [3.63, 3.8) is 0 Å². The van der Waals surface area contributed by atoms with E-state index in [1.807, 2.05) is 0 Å². The van der Waals surface area contributed by atoms with Crippen molar-refractivity contribution in [2.75, 3.05) is 0 Å². The Hall–Kier alpha value is -3.26. The van der Waals surface area contributed by atoms with Crippen molar-refractivity contribution in [2.24, 2.45) is 0 Å². The molecule has 0 bridgehead atoms. The number of hydrogen-bond donors (Lipinski definition) is 0. The minimum absolute atomic E-state index is 0.0520. The summed E-state index contributed by atoms with van der Waals surface area (Å²) in [6.07, 6.45) is 1.56. The summed E-state index contributed by atoms with van der Waals surface area (Å²) in [5.41, 5.74) is 1.16. The molecule has 1 aliphatic rings. The van der Waals surface area contributed by atoms with Crippen molar-refractivity contribution >= 4 is 29.1 Å². The largest absolute Gasteiger partial charge is 0.462 e. The van der Waals surface area contributed by atoms with Crippen LogP contribution in [0.1, 0.15) is 33.3 Å². The molecule has 1 aromatic carbocycles. The van der Waals surface area contributed by atoms with Gasteiger partial charge in [-0.15, -0.1) is 11.3 Å². The van der Waals surface area contributed by atoms with Gasteiger partial charge in [-0.2, -0.15) is 0 Å². The predicted octanol–water partition coefficient (Wildman–Crippen LogP) is 3.13. The number of ether oxygens (including phenoxy) is 1. The molecule has 0 fully saturated rings. The molecule has 27 heavy (non-hydrogen) atoms. The maximum Gasteiger partial charge on any atom is 0.329 e. The summed E-state index contributed by atoms with van der Waals surface area (Å²) >= 11 is 1.37. The normalized spacial score (nSPS) is 14.3. The van der Waals surface area contributed by atoms with E-state index in [2.05, 4.69) is 4.98 Å². The lowest BCUT2D eigenvalue weighted by Crippen LogP contribution is -2.43. The molecule has 0 unspecified atom stereocenters. The second kappa shape index (κ2) is 6.81. The number of carbonyl (C=O) groups is 3. The molecule has 8 heteroatoms. The lowest BCUT2D eigenvalue weighted by molar-refractivity contribution is -0.149. The van der Waals surface area contributed by atoms with E-state index in [9.17, 15) is 14.4 Å². The van der Waals surface area contributed by atoms with Crippen molar-refractivity contribution in [3.05, 3.63) is 64.9 Å². The number of aromatic nitrogens is 1. The van der Waals surface area contributed by atoms with Gasteiger partial charge < -0.3 is 9.15 Å². The second-order valence-electron chi connectivity index (χ2n) is 5.93. The third kappa shape index (κ3) is 3.04. The van der Waals surface area contributed by atoms with Gasteiger partial charge in [0.15, 0.2) is 10.8 Å². The molecule has 0 aliphatic carbocycles. The van der Waals surface area contributed by atoms with Crippen molar-refractivity contribution in [2.45, 2.75) is 19.6 Å². The number of furan rings is 1. The van der Waals surface area contributed by atoms with Crippen LogP contribution >= 0.6 is 11.3 Å². The van der Waals surface area contributed by atoms with Crippen LogP contribution < -0.4 is 0 Å². The van der Waals surface area contributed by atoms with Crippen LogP contribution in [0.4, 0.5) is 0 Å². The Kier molecular flexibility index (Phi) is 4.33. The molecule has 0 N–H and O–H groups in total. The zero-order valence-corrected chi connectivity index (χ0v) is 15.1. The summed E-state index contributed by atoms with van der Waals surface area (Å²) in [5.74, 6) is -1.02. The summed E-state index contributed by atoms with van der Waals surface area (Å²) in [4.78, 5) is 42.5. The lowest BCUT2D eigenvalue weighted by atomic mass is 10.1. The fourth-order valence-electron chi connectivity index (χ4n) is 2.82. The Morgan fingerprint density at radius 3 is 2.52 bits per heavy atom. The minimum Gasteiger partial charge on any atom is -0.462 e. The molecule has 0 saturated heterocycles. The van der Waals surface area contributed by atoms with E-state index in [4.69, 9.17) is 9.15 Å². The second-order valence-corrected chi connectivity index (χ2v) is 6.79. The van der Waals surface area contributed by atoms with Crippen LogP contribution in [0.2, 0.25) is 0 Å². The number of amides is 2. The molecule has 0 radical (unpaired) electrons. The van der Waals surface area contributed by atoms with E-state index in [1.54, 1.807) is 48.0 Å². The highest BCUT2D eigenvalue weighted by Crippen LogP contribution is 2.26. The topological polar surface area (TPSA) is 89.7 Å². The Balaban J connectivity index is 1.42. The molecule has 3 heterocycles. The van der Waals surface area contributed by atoms with Crippen LogP contribution in [0.3, 0.4) is 0 Å². The zero-order chi connectivity index (χ0) is 19.0. The van der Waals surface area contributed by atoms with Gasteiger partial charge in [0.05, 0.1) is 23.1 Å². The van der Waals surface area contributed by atoms with Gasteiger partial charge in [0.25, 0.3) is 11.8 Å². The van der Waals surface area contributed by atoms with Gasteiger partial charge in [0.1, 0.15) is 12.6 Å². The lowest BCUT2D eigenvalue weighted by Gasteiger charge is -2.20. The molecule has 3 aromatic rings. The van der Waals surface area contributed by atoms with Gasteiger partial charge in [-0.3, -0.25) is 14.5 Å². The van der Waals surface area contributed by atoms with Crippen LogP contribution in [0.15, 0.2) is 52.5 Å². The highest BCUT2D eigenvalue weighted by Gasteiger charge is 2.41. The third-order valence-corrected chi connectivity index (χ3v) is 5.11. The average molecular weight is 382 g/mol. The molecule has 0 saturated carbocycles. The Morgan fingerprint density at radius 1 is 1.19 bits per heavy atom. The Labute approximate surface area is 158 Å². The molecular weight excluding hydrogens is 368 g/mol. The summed E-state index contributed by atoms with van der Waals surface area (Å²) in [5, 5.41) is 2.44. The van der Waals surface area contributed by atoms with E-state index in [-0.39, 0.29) is 6.61 Å². The first-order valence-corrected chi connectivity index (χ1v) is 9.06. The summed E-state index contributed by atoms with van der Waals surface area (Å²) in [7, 11) is 0.